The molecule has 1 atom stereocenters. The number of hydrogen-bond acceptors (Lipinski definition) is 3. The predicted molar refractivity (Wildman–Crippen MR) is 73.2 cm³/mol. The molecule has 1 fully saturated rings. The first-order valence-corrected chi connectivity index (χ1v) is 6.99. The molecule has 0 aliphatic carbocycles. The maximum absolute atomic E-state index is 9.48. The highest BCUT2D eigenvalue weighted by Gasteiger charge is 2.30. The van der Waals surface area contributed by atoms with Crippen LogP contribution in [0.1, 0.15) is 46.5 Å². The van der Waals surface area contributed by atoms with Crippen molar-refractivity contribution in [2.45, 2.75) is 52.0 Å². The second-order valence-electron chi connectivity index (χ2n) is 6.34. The molecule has 1 rings (SSSR count). The van der Waals surface area contributed by atoms with Crippen LogP contribution >= 0.6 is 0 Å². The van der Waals surface area contributed by atoms with Crippen LogP contribution in [0.25, 0.3) is 0 Å². The Balaban J connectivity index is 2.28. The molecule has 3 heteroatoms. The van der Waals surface area contributed by atoms with Crippen molar-refractivity contribution in [3.8, 4) is 0 Å². The molecule has 0 bridgehead atoms. The van der Waals surface area contributed by atoms with Crippen molar-refractivity contribution in [2.24, 2.45) is 5.41 Å². The van der Waals surface area contributed by atoms with Crippen LogP contribution in [0.4, 0.5) is 0 Å². The first kappa shape index (κ1) is 14.9. The summed E-state index contributed by atoms with van der Waals surface area (Å²) in [5, 5.41) is 12.8. The van der Waals surface area contributed by atoms with Crippen LogP contribution in [-0.2, 0) is 0 Å². The monoisotopic (exact) mass is 242 g/mol. The molecule has 0 spiro atoms. The van der Waals surface area contributed by atoms with E-state index >= 15 is 0 Å². The van der Waals surface area contributed by atoms with Gasteiger partial charge in [-0.1, -0.05) is 20.8 Å². The number of nitrogens with one attached hydrogen (secondary N) is 1. The van der Waals surface area contributed by atoms with Gasteiger partial charge >= 0.3 is 0 Å². The summed E-state index contributed by atoms with van der Waals surface area (Å²) in [7, 11) is 1.96. The van der Waals surface area contributed by atoms with Gasteiger partial charge in [0.1, 0.15) is 0 Å². The zero-order chi connectivity index (χ0) is 12.9. The Morgan fingerprint density at radius 2 is 2.12 bits per heavy atom. The lowest BCUT2D eigenvalue weighted by molar-refractivity contribution is 0.147. The van der Waals surface area contributed by atoms with E-state index in [1.165, 1.54) is 32.5 Å². The molecule has 1 unspecified atom stereocenters. The van der Waals surface area contributed by atoms with E-state index in [9.17, 15) is 5.11 Å². The van der Waals surface area contributed by atoms with E-state index in [0.717, 1.165) is 12.8 Å². The summed E-state index contributed by atoms with van der Waals surface area (Å²) in [4.78, 5) is 2.56. The minimum absolute atomic E-state index is 0.0603. The zero-order valence-electron chi connectivity index (χ0n) is 12.1. The largest absolute Gasteiger partial charge is 0.394 e. The highest BCUT2D eigenvalue weighted by molar-refractivity contribution is 4.86. The average molecular weight is 242 g/mol. The lowest BCUT2D eigenvalue weighted by Gasteiger charge is -2.31. The van der Waals surface area contributed by atoms with Crippen molar-refractivity contribution < 1.29 is 5.11 Å². The van der Waals surface area contributed by atoms with Gasteiger partial charge in [0.15, 0.2) is 0 Å². The summed E-state index contributed by atoms with van der Waals surface area (Å²) in [5.41, 5.74) is 0.442. The van der Waals surface area contributed by atoms with E-state index in [-0.39, 0.29) is 12.1 Å². The van der Waals surface area contributed by atoms with E-state index in [1.807, 2.05) is 7.05 Å². The Kier molecular flexibility index (Phi) is 5.42. The summed E-state index contributed by atoms with van der Waals surface area (Å²) in [6.45, 7) is 10.7. The first-order chi connectivity index (χ1) is 7.97. The Labute approximate surface area is 107 Å². The maximum Gasteiger partial charge on any atom is 0.0613 e. The number of likely N-dealkylation sites (N-methyl/N-ethyl adjacent to an activating group) is 1. The quantitative estimate of drug-likeness (QED) is 0.715. The zero-order valence-corrected chi connectivity index (χ0v) is 12.1. The number of rotatable bonds is 7. The third-order valence-corrected chi connectivity index (χ3v) is 4.40. The number of likely N-dealkylation sites (tertiary alicyclic amines) is 1. The van der Waals surface area contributed by atoms with E-state index in [2.05, 4.69) is 31.0 Å². The van der Waals surface area contributed by atoms with Gasteiger partial charge in [-0.15, -0.1) is 0 Å². The highest BCUT2D eigenvalue weighted by atomic mass is 16.3. The average Bonchev–Trinajstić information content (AvgIpc) is 2.65. The predicted octanol–water partition coefficient (Wildman–Crippen LogP) is 1.86. The van der Waals surface area contributed by atoms with E-state index in [1.54, 1.807) is 0 Å². The number of aliphatic hydroxyl groups is 1. The fourth-order valence-corrected chi connectivity index (χ4v) is 2.80. The first-order valence-electron chi connectivity index (χ1n) is 6.99. The minimum Gasteiger partial charge on any atom is -0.394 e. The molecule has 0 aromatic rings. The SMILES string of the molecule is CCC(CO)(CCCN1CCC(C)(C)C1)NC. The van der Waals surface area contributed by atoms with Gasteiger partial charge in [0.05, 0.1) is 6.61 Å². The Morgan fingerprint density at radius 3 is 2.53 bits per heavy atom. The van der Waals surface area contributed by atoms with Crippen molar-refractivity contribution in [1.82, 2.24) is 10.2 Å². The molecule has 2 N–H and O–H groups in total. The topological polar surface area (TPSA) is 35.5 Å². The maximum atomic E-state index is 9.48. The van der Waals surface area contributed by atoms with Gasteiger partial charge in [-0.3, -0.25) is 0 Å². The van der Waals surface area contributed by atoms with Gasteiger partial charge in [-0.25, -0.2) is 0 Å². The van der Waals surface area contributed by atoms with Crippen molar-refractivity contribution >= 4 is 0 Å². The van der Waals surface area contributed by atoms with Gasteiger partial charge in [0, 0.05) is 12.1 Å². The molecular formula is C14H30N2O. The molecule has 1 aliphatic heterocycles. The third kappa shape index (κ3) is 4.23. The van der Waals surface area contributed by atoms with Crippen molar-refractivity contribution in [3.05, 3.63) is 0 Å². The van der Waals surface area contributed by atoms with Gasteiger partial charge < -0.3 is 15.3 Å². The molecule has 0 saturated carbocycles. The van der Waals surface area contributed by atoms with Gasteiger partial charge in [0.25, 0.3) is 0 Å². The molecule has 102 valence electrons. The second-order valence-corrected chi connectivity index (χ2v) is 6.34. The van der Waals surface area contributed by atoms with Crippen molar-refractivity contribution in [1.29, 1.82) is 0 Å². The molecule has 0 radical (unpaired) electrons. The molecule has 1 heterocycles. The Morgan fingerprint density at radius 1 is 1.41 bits per heavy atom. The third-order valence-electron chi connectivity index (χ3n) is 4.40. The molecular weight excluding hydrogens is 212 g/mol. The van der Waals surface area contributed by atoms with Crippen LogP contribution in [0.3, 0.4) is 0 Å². The molecule has 1 aliphatic rings. The fraction of sp³-hybridized carbons (Fsp3) is 1.00. The van der Waals surface area contributed by atoms with Crippen LogP contribution in [0.2, 0.25) is 0 Å². The summed E-state index contributed by atoms with van der Waals surface area (Å²) in [6, 6.07) is 0. The van der Waals surface area contributed by atoms with Gasteiger partial charge in [0.2, 0.25) is 0 Å². The van der Waals surface area contributed by atoms with Crippen LogP contribution in [0.15, 0.2) is 0 Å². The smallest absolute Gasteiger partial charge is 0.0613 e. The van der Waals surface area contributed by atoms with Crippen LogP contribution in [0.5, 0.6) is 0 Å². The van der Waals surface area contributed by atoms with E-state index in [4.69, 9.17) is 0 Å². The minimum atomic E-state index is -0.0603. The summed E-state index contributed by atoms with van der Waals surface area (Å²) in [5.74, 6) is 0. The van der Waals surface area contributed by atoms with E-state index in [0.29, 0.717) is 5.41 Å². The molecule has 1 saturated heterocycles. The fourth-order valence-electron chi connectivity index (χ4n) is 2.80. The Bertz CT molecular complexity index is 216. The van der Waals surface area contributed by atoms with Crippen LogP contribution in [0, 0.1) is 5.41 Å². The second kappa shape index (κ2) is 6.17. The molecule has 17 heavy (non-hydrogen) atoms. The van der Waals surface area contributed by atoms with Crippen LogP contribution in [-0.4, -0.2) is 48.8 Å². The Hall–Kier alpha value is -0.120. The molecule has 0 aromatic heterocycles. The van der Waals surface area contributed by atoms with Crippen molar-refractivity contribution in [3.63, 3.8) is 0 Å². The normalized spacial score (nSPS) is 23.8. The lowest BCUT2D eigenvalue weighted by Crippen LogP contribution is -2.46. The van der Waals surface area contributed by atoms with Crippen molar-refractivity contribution in [2.75, 3.05) is 33.3 Å². The van der Waals surface area contributed by atoms with E-state index < -0.39 is 0 Å². The van der Waals surface area contributed by atoms with Gasteiger partial charge in [-0.2, -0.15) is 0 Å². The highest BCUT2D eigenvalue weighted by Crippen LogP contribution is 2.29. The summed E-state index contributed by atoms with van der Waals surface area (Å²) in [6.07, 6.45) is 4.54. The molecule has 0 aromatic carbocycles. The summed E-state index contributed by atoms with van der Waals surface area (Å²) < 4.78 is 0. The number of aliphatic hydroxyl groups excluding tert-OH is 1. The lowest BCUT2D eigenvalue weighted by atomic mass is 9.91. The number of hydrogen-bond donors (Lipinski definition) is 2. The summed E-state index contributed by atoms with van der Waals surface area (Å²) >= 11 is 0. The molecule has 3 nitrogen and oxygen atoms in total. The van der Waals surface area contributed by atoms with Gasteiger partial charge in [-0.05, 0) is 51.2 Å². The molecule has 0 amide bonds. The van der Waals surface area contributed by atoms with Crippen LogP contribution < -0.4 is 5.32 Å². The standard InChI is InChI=1S/C14H30N2O/c1-5-14(12-17,15-4)7-6-9-16-10-8-13(2,3)11-16/h15,17H,5-12H2,1-4H3. The number of nitrogens with zero attached hydrogens (tertiary/aromatic N) is 1.